The molecule has 2 aliphatic heterocycles. The van der Waals surface area contributed by atoms with Crippen LogP contribution < -0.4 is 10.2 Å². The van der Waals surface area contributed by atoms with Crippen LogP contribution in [0.3, 0.4) is 0 Å². The van der Waals surface area contributed by atoms with Gasteiger partial charge in [0.05, 0.1) is 42.9 Å². The molecule has 2 aromatic heterocycles. The van der Waals surface area contributed by atoms with Gasteiger partial charge in [-0.05, 0) is 19.3 Å². The van der Waals surface area contributed by atoms with Gasteiger partial charge in [0.2, 0.25) is 0 Å². The molecule has 25 heavy (non-hydrogen) atoms. The fourth-order valence-electron chi connectivity index (χ4n) is 3.32. The van der Waals surface area contributed by atoms with Gasteiger partial charge >= 0.3 is 0 Å². The Morgan fingerprint density at radius 2 is 2.08 bits per heavy atom. The van der Waals surface area contributed by atoms with Gasteiger partial charge in [-0.25, -0.2) is 9.97 Å². The van der Waals surface area contributed by atoms with Crippen molar-refractivity contribution in [2.24, 2.45) is 0 Å². The van der Waals surface area contributed by atoms with Crippen molar-refractivity contribution in [1.29, 1.82) is 0 Å². The molecule has 8 heteroatoms. The molecule has 0 saturated carbocycles. The molecular weight excluding hydrogens is 320 g/mol. The Morgan fingerprint density at radius 1 is 1.20 bits per heavy atom. The van der Waals surface area contributed by atoms with Gasteiger partial charge < -0.3 is 15.0 Å². The minimum Gasteiger partial charge on any atom is -0.378 e. The summed E-state index contributed by atoms with van der Waals surface area (Å²) in [5, 5.41) is 7.28. The quantitative estimate of drug-likeness (QED) is 0.884. The van der Waals surface area contributed by atoms with Crippen LogP contribution in [0.2, 0.25) is 0 Å². The standard InChI is InChI=1S/C17H22N6O2/c24-17(14-11-21-23-4-2-1-3-15(14)23)18-10-13-9-16(20-12-19-13)22-5-7-25-8-6-22/h9,11-12H,1-8,10H2,(H,18,24). The van der Waals surface area contributed by atoms with E-state index >= 15 is 0 Å². The highest BCUT2D eigenvalue weighted by atomic mass is 16.5. The Bertz CT molecular complexity index is 753. The first-order valence-corrected chi connectivity index (χ1v) is 8.78. The van der Waals surface area contributed by atoms with Crippen molar-refractivity contribution in [3.05, 3.63) is 35.5 Å². The Balaban J connectivity index is 1.41. The number of hydrogen-bond acceptors (Lipinski definition) is 6. The Hall–Kier alpha value is -2.48. The van der Waals surface area contributed by atoms with E-state index in [1.807, 2.05) is 10.7 Å². The van der Waals surface area contributed by atoms with Gasteiger partial charge in [-0.15, -0.1) is 0 Å². The van der Waals surface area contributed by atoms with Crippen molar-refractivity contribution in [1.82, 2.24) is 25.1 Å². The molecule has 1 N–H and O–H groups in total. The number of hydrogen-bond donors (Lipinski definition) is 1. The summed E-state index contributed by atoms with van der Waals surface area (Å²) in [6.07, 6.45) is 6.38. The van der Waals surface area contributed by atoms with Crippen molar-refractivity contribution in [3.63, 3.8) is 0 Å². The second-order valence-corrected chi connectivity index (χ2v) is 6.33. The minimum atomic E-state index is -0.0883. The SMILES string of the molecule is O=C(NCc1cc(N2CCOCC2)ncn1)c1cnn2c1CCCC2. The molecule has 132 valence electrons. The molecule has 4 rings (SSSR count). The molecule has 0 radical (unpaired) electrons. The minimum absolute atomic E-state index is 0.0883. The molecule has 0 aromatic carbocycles. The second-order valence-electron chi connectivity index (χ2n) is 6.33. The van der Waals surface area contributed by atoms with E-state index < -0.39 is 0 Å². The topological polar surface area (TPSA) is 85.2 Å². The fraction of sp³-hybridized carbons (Fsp3) is 0.529. The number of nitrogens with zero attached hydrogens (tertiary/aromatic N) is 5. The number of nitrogens with one attached hydrogen (secondary N) is 1. The first-order chi connectivity index (χ1) is 12.3. The van der Waals surface area contributed by atoms with Crippen molar-refractivity contribution < 1.29 is 9.53 Å². The highest BCUT2D eigenvalue weighted by molar-refractivity contribution is 5.95. The lowest BCUT2D eigenvalue weighted by atomic mass is 10.1. The second kappa shape index (κ2) is 7.18. The predicted octanol–water partition coefficient (Wildman–Crippen LogP) is 0.776. The van der Waals surface area contributed by atoms with Crippen molar-refractivity contribution in [2.75, 3.05) is 31.2 Å². The zero-order chi connectivity index (χ0) is 17.1. The lowest BCUT2D eigenvalue weighted by Gasteiger charge is -2.27. The van der Waals surface area contributed by atoms with Crippen LogP contribution in [0, 0.1) is 0 Å². The predicted molar refractivity (Wildman–Crippen MR) is 91.4 cm³/mol. The maximum Gasteiger partial charge on any atom is 0.255 e. The summed E-state index contributed by atoms with van der Waals surface area (Å²) in [7, 11) is 0. The zero-order valence-electron chi connectivity index (χ0n) is 14.1. The van der Waals surface area contributed by atoms with E-state index in [4.69, 9.17) is 4.74 Å². The number of fused-ring (bicyclic) bond motifs is 1. The summed E-state index contributed by atoms with van der Waals surface area (Å²) < 4.78 is 7.31. The van der Waals surface area contributed by atoms with Crippen molar-refractivity contribution in [3.8, 4) is 0 Å². The van der Waals surface area contributed by atoms with Gasteiger partial charge in [0.15, 0.2) is 0 Å². The molecular formula is C17H22N6O2. The van der Waals surface area contributed by atoms with E-state index in [0.29, 0.717) is 25.3 Å². The van der Waals surface area contributed by atoms with Gasteiger partial charge in [-0.3, -0.25) is 9.48 Å². The van der Waals surface area contributed by atoms with Crippen molar-refractivity contribution >= 4 is 11.7 Å². The Labute approximate surface area is 146 Å². The van der Waals surface area contributed by atoms with Gasteiger partial charge in [-0.2, -0.15) is 5.10 Å². The first-order valence-electron chi connectivity index (χ1n) is 8.78. The monoisotopic (exact) mass is 342 g/mol. The number of carbonyl (C=O) groups is 1. The third-order valence-electron chi connectivity index (χ3n) is 4.70. The third kappa shape index (κ3) is 3.48. The van der Waals surface area contributed by atoms with Gasteiger partial charge in [-0.1, -0.05) is 0 Å². The molecule has 0 aliphatic carbocycles. The summed E-state index contributed by atoms with van der Waals surface area (Å²) in [4.78, 5) is 23.3. The number of aryl methyl sites for hydroxylation is 1. The lowest BCUT2D eigenvalue weighted by Crippen LogP contribution is -2.37. The molecule has 1 amide bonds. The number of carbonyl (C=O) groups excluding carboxylic acids is 1. The van der Waals surface area contributed by atoms with E-state index in [2.05, 4.69) is 25.3 Å². The van der Waals surface area contributed by atoms with Crippen LogP contribution in [0.5, 0.6) is 0 Å². The third-order valence-corrected chi connectivity index (χ3v) is 4.70. The largest absolute Gasteiger partial charge is 0.378 e. The van der Waals surface area contributed by atoms with Crippen LogP contribution in [0.15, 0.2) is 18.6 Å². The number of rotatable bonds is 4. The lowest BCUT2D eigenvalue weighted by molar-refractivity contribution is 0.0949. The summed E-state index contributed by atoms with van der Waals surface area (Å²) in [5.41, 5.74) is 2.52. The van der Waals surface area contributed by atoms with Gasteiger partial charge in [0.1, 0.15) is 12.1 Å². The smallest absolute Gasteiger partial charge is 0.255 e. The van der Waals surface area contributed by atoms with Crippen LogP contribution in [-0.4, -0.2) is 52.0 Å². The maximum absolute atomic E-state index is 12.5. The van der Waals surface area contributed by atoms with Gasteiger partial charge in [0.25, 0.3) is 5.91 Å². The maximum atomic E-state index is 12.5. The first kappa shape index (κ1) is 16.0. The Morgan fingerprint density at radius 3 is 2.96 bits per heavy atom. The van der Waals surface area contributed by atoms with E-state index in [0.717, 1.165) is 56.1 Å². The summed E-state index contributed by atoms with van der Waals surface area (Å²) in [6.45, 7) is 4.35. The zero-order valence-corrected chi connectivity index (χ0v) is 14.1. The molecule has 8 nitrogen and oxygen atoms in total. The fourth-order valence-corrected chi connectivity index (χ4v) is 3.32. The molecule has 0 unspecified atom stereocenters. The molecule has 4 heterocycles. The molecule has 2 aromatic rings. The number of amides is 1. The average molecular weight is 342 g/mol. The van der Waals surface area contributed by atoms with Gasteiger partial charge in [0, 0.05) is 25.7 Å². The molecule has 0 bridgehead atoms. The highest BCUT2D eigenvalue weighted by Crippen LogP contribution is 2.18. The number of ether oxygens (including phenoxy) is 1. The molecule has 0 atom stereocenters. The van der Waals surface area contributed by atoms with E-state index in [1.165, 1.54) is 0 Å². The van der Waals surface area contributed by atoms with E-state index in [-0.39, 0.29) is 5.91 Å². The Kier molecular flexibility index (Phi) is 4.60. The number of anilines is 1. The van der Waals surface area contributed by atoms with Crippen LogP contribution >= 0.6 is 0 Å². The van der Waals surface area contributed by atoms with Crippen LogP contribution in [0.25, 0.3) is 0 Å². The van der Waals surface area contributed by atoms with Crippen LogP contribution in [0.1, 0.15) is 34.6 Å². The average Bonchev–Trinajstić information content (AvgIpc) is 3.11. The number of aromatic nitrogens is 4. The van der Waals surface area contributed by atoms with E-state index in [9.17, 15) is 4.79 Å². The summed E-state index contributed by atoms with van der Waals surface area (Å²) in [5.74, 6) is 0.792. The molecule has 0 spiro atoms. The summed E-state index contributed by atoms with van der Waals surface area (Å²) in [6, 6.07) is 1.93. The highest BCUT2D eigenvalue weighted by Gasteiger charge is 2.20. The van der Waals surface area contributed by atoms with E-state index in [1.54, 1.807) is 12.5 Å². The van der Waals surface area contributed by atoms with Crippen molar-refractivity contribution in [2.45, 2.75) is 32.4 Å². The molecule has 1 saturated heterocycles. The van der Waals surface area contributed by atoms with Crippen LogP contribution in [0.4, 0.5) is 5.82 Å². The summed E-state index contributed by atoms with van der Waals surface area (Å²) >= 11 is 0. The normalized spacial score (nSPS) is 17.2. The number of morpholine rings is 1. The molecule has 1 fully saturated rings. The molecule has 2 aliphatic rings. The van der Waals surface area contributed by atoms with Crippen LogP contribution in [-0.2, 0) is 24.2 Å².